The predicted molar refractivity (Wildman–Crippen MR) is 61.2 cm³/mol. The van der Waals surface area contributed by atoms with E-state index in [4.69, 9.17) is 5.73 Å². The Morgan fingerprint density at radius 2 is 1.78 bits per heavy atom. The van der Waals surface area contributed by atoms with Crippen LogP contribution in [0, 0.1) is 0 Å². The van der Waals surface area contributed by atoms with Gasteiger partial charge in [-0.15, -0.1) is 10.2 Å². The quantitative estimate of drug-likeness (QED) is 0.851. The first-order valence-electron chi connectivity index (χ1n) is 5.57. The van der Waals surface area contributed by atoms with Crippen LogP contribution in [0.4, 0.5) is 24.8 Å². The van der Waals surface area contributed by atoms with Gasteiger partial charge in [-0.25, -0.2) is 0 Å². The van der Waals surface area contributed by atoms with Crippen molar-refractivity contribution in [3.05, 3.63) is 12.1 Å². The van der Waals surface area contributed by atoms with Gasteiger partial charge < -0.3 is 10.6 Å². The van der Waals surface area contributed by atoms with E-state index in [0.717, 1.165) is 0 Å². The van der Waals surface area contributed by atoms with E-state index in [0.29, 0.717) is 37.8 Å². The maximum absolute atomic E-state index is 12.2. The fraction of sp³-hybridized carbons (Fsp3) is 0.600. The lowest BCUT2D eigenvalue weighted by Crippen LogP contribution is -2.49. The number of nitrogens with zero attached hydrogens (tertiary/aromatic N) is 4. The van der Waals surface area contributed by atoms with E-state index in [2.05, 4.69) is 10.2 Å². The van der Waals surface area contributed by atoms with Crippen LogP contribution in [0.1, 0.15) is 0 Å². The third-order valence-electron chi connectivity index (χ3n) is 2.77. The zero-order valence-electron chi connectivity index (χ0n) is 9.69. The molecule has 0 radical (unpaired) electrons. The first-order valence-corrected chi connectivity index (χ1v) is 5.57. The number of aromatic nitrogens is 2. The highest BCUT2D eigenvalue weighted by Crippen LogP contribution is 2.19. The Bertz CT molecular complexity index is 383. The Morgan fingerprint density at radius 3 is 2.28 bits per heavy atom. The lowest BCUT2D eigenvalue weighted by atomic mass is 10.3. The van der Waals surface area contributed by atoms with E-state index in [9.17, 15) is 13.2 Å². The summed E-state index contributed by atoms with van der Waals surface area (Å²) in [6, 6.07) is 3.35. The maximum atomic E-state index is 12.2. The molecule has 1 saturated heterocycles. The molecule has 18 heavy (non-hydrogen) atoms. The van der Waals surface area contributed by atoms with Gasteiger partial charge in [0.25, 0.3) is 0 Å². The third-order valence-corrected chi connectivity index (χ3v) is 2.77. The second-order valence-electron chi connectivity index (χ2n) is 4.19. The smallest absolute Gasteiger partial charge is 0.382 e. The van der Waals surface area contributed by atoms with Gasteiger partial charge >= 0.3 is 6.18 Å². The molecule has 1 fully saturated rings. The summed E-state index contributed by atoms with van der Waals surface area (Å²) in [5, 5.41) is 7.64. The van der Waals surface area contributed by atoms with Crippen molar-refractivity contribution < 1.29 is 13.2 Å². The monoisotopic (exact) mass is 261 g/mol. The van der Waals surface area contributed by atoms with Crippen molar-refractivity contribution in [1.82, 2.24) is 15.1 Å². The van der Waals surface area contributed by atoms with Crippen molar-refractivity contribution in [3.63, 3.8) is 0 Å². The van der Waals surface area contributed by atoms with Gasteiger partial charge in [-0.05, 0) is 12.1 Å². The molecule has 100 valence electrons. The molecule has 0 saturated carbocycles. The van der Waals surface area contributed by atoms with Crippen LogP contribution >= 0.6 is 0 Å². The van der Waals surface area contributed by atoms with Crippen molar-refractivity contribution in [2.45, 2.75) is 6.18 Å². The number of anilines is 2. The number of rotatable bonds is 2. The number of halogens is 3. The Balaban J connectivity index is 1.88. The summed E-state index contributed by atoms with van der Waals surface area (Å²) < 4.78 is 36.6. The van der Waals surface area contributed by atoms with Crippen LogP contribution in [0.25, 0.3) is 0 Å². The predicted octanol–water partition coefficient (Wildman–Crippen LogP) is 0.743. The van der Waals surface area contributed by atoms with Crippen LogP contribution < -0.4 is 10.6 Å². The van der Waals surface area contributed by atoms with Gasteiger partial charge in [-0.2, -0.15) is 13.2 Å². The SMILES string of the molecule is Nc1ccc(N2CCN(CC(F)(F)F)CC2)nn1. The zero-order chi connectivity index (χ0) is 13.2. The molecule has 0 aliphatic carbocycles. The molecule has 8 heteroatoms. The molecule has 5 nitrogen and oxygen atoms in total. The van der Waals surface area contributed by atoms with E-state index >= 15 is 0 Å². The van der Waals surface area contributed by atoms with Gasteiger partial charge in [0, 0.05) is 26.2 Å². The van der Waals surface area contributed by atoms with Gasteiger partial charge in [0.1, 0.15) is 5.82 Å². The molecule has 0 spiro atoms. The first kappa shape index (κ1) is 12.9. The molecule has 2 heterocycles. The maximum Gasteiger partial charge on any atom is 0.401 e. The number of hydrogen-bond acceptors (Lipinski definition) is 5. The number of hydrogen-bond donors (Lipinski definition) is 1. The molecule has 1 aliphatic heterocycles. The lowest BCUT2D eigenvalue weighted by Gasteiger charge is -2.35. The van der Waals surface area contributed by atoms with Crippen LogP contribution in [0.2, 0.25) is 0 Å². The van der Waals surface area contributed by atoms with E-state index in [1.807, 2.05) is 4.90 Å². The fourth-order valence-electron chi connectivity index (χ4n) is 1.89. The molecule has 1 aromatic heterocycles. The Kier molecular flexibility index (Phi) is 3.55. The fourth-order valence-corrected chi connectivity index (χ4v) is 1.89. The minimum absolute atomic E-state index is 0.328. The Hall–Kier alpha value is -1.57. The van der Waals surface area contributed by atoms with Crippen molar-refractivity contribution >= 4 is 11.6 Å². The van der Waals surface area contributed by atoms with E-state index < -0.39 is 12.7 Å². The van der Waals surface area contributed by atoms with Crippen molar-refractivity contribution in [3.8, 4) is 0 Å². The summed E-state index contributed by atoms with van der Waals surface area (Å²) in [7, 11) is 0. The number of piperazine rings is 1. The molecule has 0 unspecified atom stereocenters. The first-order chi connectivity index (χ1) is 8.44. The minimum atomic E-state index is -4.14. The van der Waals surface area contributed by atoms with Gasteiger partial charge in [-0.3, -0.25) is 4.90 Å². The molecule has 1 aromatic rings. The molecule has 0 aromatic carbocycles. The van der Waals surface area contributed by atoms with Crippen LogP contribution in [-0.4, -0.2) is 54.0 Å². The largest absolute Gasteiger partial charge is 0.401 e. The molecule has 0 atom stereocenters. The lowest BCUT2D eigenvalue weighted by molar-refractivity contribution is -0.146. The van der Waals surface area contributed by atoms with Gasteiger partial charge in [0.2, 0.25) is 0 Å². The van der Waals surface area contributed by atoms with E-state index in [1.54, 1.807) is 12.1 Å². The van der Waals surface area contributed by atoms with Crippen molar-refractivity contribution in [2.24, 2.45) is 0 Å². The second-order valence-corrected chi connectivity index (χ2v) is 4.19. The highest BCUT2D eigenvalue weighted by Gasteiger charge is 2.32. The third kappa shape index (κ3) is 3.46. The molecular weight excluding hydrogens is 247 g/mol. The molecule has 2 N–H and O–H groups in total. The number of alkyl halides is 3. The summed E-state index contributed by atoms with van der Waals surface area (Å²) in [5.41, 5.74) is 5.42. The van der Waals surface area contributed by atoms with Crippen molar-refractivity contribution in [1.29, 1.82) is 0 Å². The molecular formula is C10H14F3N5. The highest BCUT2D eigenvalue weighted by atomic mass is 19.4. The average molecular weight is 261 g/mol. The van der Waals surface area contributed by atoms with Crippen LogP contribution in [0.15, 0.2) is 12.1 Å². The van der Waals surface area contributed by atoms with Gasteiger partial charge in [0.15, 0.2) is 5.82 Å². The summed E-state index contributed by atoms with van der Waals surface area (Å²) in [4.78, 5) is 3.29. The topological polar surface area (TPSA) is 58.3 Å². The normalized spacial score (nSPS) is 18.1. The minimum Gasteiger partial charge on any atom is -0.382 e. The highest BCUT2D eigenvalue weighted by molar-refractivity contribution is 5.41. The van der Waals surface area contributed by atoms with E-state index in [1.165, 1.54) is 4.90 Å². The van der Waals surface area contributed by atoms with Crippen LogP contribution in [-0.2, 0) is 0 Å². The summed E-state index contributed by atoms with van der Waals surface area (Å²) in [5.74, 6) is 0.977. The van der Waals surface area contributed by atoms with Gasteiger partial charge in [-0.1, -0.05) is 0 Å². The second kappa shape index (κ2) is 4.97. The molecule has 0 bridgehead atoms. The zero-order valence-corrected chi connectivity index (χ0v) is 9.69. The number of nitrogens with two attached hydrogens (primary N) is 1. The molecule has 1 aliphatic rings. The van der Waals surface area contributed by atoms with Crippen molar-refractivity contribution in [2.75, 3.05) is 43.4 Å². The van der Waals surface area contributed by atoms with Gasteiger partial charge in [0.05, 0.1) is 6.54 Å². The standard InChI is InChI=1S/C10H14F3N5/c11-10(12,13)7-17-3-5-18(6-4-17)9-2-1-8(14)15-16-9/h1-2H,3-7H2,(H2,14,15). The van der Waals surface area contributed by atoms with Crippen LogP contribution in [0.3, 0.4) is 0 Å². The van der Waals surface area contributed by atoms with E-state index in [-0.39, 0.29) is 0 Å². The van der Waals surface area contributed by atoms with Crippen LogP contribution in [0.5, 0.6) is 0 Å². The average Bonchev–Trinajstić information content (AvgIpc) is 2.29. The number of nitrogen functional groups attached to an aromatic ring is 1. The summed E-state index contributed by atoms with van der Waals surface area (Å²) in [6.07, 6.45) is -4.14. The molecule has 0 amide bonds. The summed E-state index contributed by atoms with van der Waals surface area (Å²) in [6.45, 7) is 0.898. The Morgan fingerprint density at radius 1 is 1.11 bits per heavy atom. The Labute approximate surface area is 102 Å². The summed E-state index contributed by atoms with van der Waals surface area (Å²) >= 11 is 0. The molecule has 2 rings (SSSR count).